The fraction of sp³-hybridized carbons (Fsp3) is 0.562. The molecule has 1 aliphatic heterocycles. The zero-order valence-corrected chi connectivity index (χ0v) is 16.3. The lowest BCUT2D eigenvalue weighted by Crippen LogP contribution is -2.54. The van der Waals surface area contributed by atoms with Crippen molar-refractivity contribution in [3.05, 3.63) is 24.4 Å². The van der Waals surface area contributed by atoms with Crippen LogP contribution in [0.3, 0.4) is 0 Å². The number of anilines is 1. The first-order valence-corrected chi connectivity index (χ1v) is 8.17. The Morgan fingerprint density at radius 3 is 2.62 bits per heavy atom. The van der Waals surface area contributed by atoms with Gasteiger partial charge in [-0.2, -0.15) is 0 Å². The van der Waals surface area contributed by atoms with Crippen LogP contribution in [0.2, 0.25) is 0 Å². The zero-order valence-electron chi connectivity index (χ0n) is 13.9. The maximum atomic E-state index is 11.8. The number of carbonyl (C=O) groups is 1. The van der Waals surface area contributed by atoms with Crippen LogP contribution in [0.5, 0.6) is 0 Å². The molecule has 0 radical (unpaired) electrons. The van der Waals surface area contributed by atoms with Crippen molar-refractivity contribution in [2.45, 2.75) is 18.9 Å². The van der Waals surface area contributed by atoms with Gasteiger partial charge < -0.3 is 20.4 Å². The number of carbonyl (C=O) groups excluding carboxylic acids is 1. The van der Waals surface area contributed by atoms with Crippen molar-refractivity contribution in [2.24, 2.45) is 4.99 Å². The summed E-state index contributed by atoms with van der Waals surface area (Å²) in [6.45, 7) is 3.79. The van der Waals surface area contributed by atoms with Crippen LogP contribution in [0.15, 0.2) is 29.4 Å². The SMILES string of the molecule is CN=C(NCC(=O)NC1CC1)N1CCN(c2ccccn2)CC1.I. The number of rotatable bonds is 4. The van der Waals surface area contributed by atoms with Crippen molar-refractivity contribution >= 4 is 41.7 Å². The van der Waals surface area contributed by atoms with E-state index in [1.165, 1.54) is 0 Å². The molecule has 0 unspecified atom stereocenters. The summed E-state index contributed by atoms with van der Waals surface area (Å²) < 4.78 is 0. The van der Waals surface area contributed by atoms with Crippen LogP contribution >= 0.6 is 24.0 Å². The minimum atomic E-state index is 0. The van der Waals surface area contributed by atoms with E-state index in [0.717, 1.165) is 50.8 Å². The van der Waals surface area contributed by atoms with E-state index in [-0.39, 0.29) is 36.4 Å². The summed E-state index contributed by atoms with van der Waals surface area (Å²) >= 11 is 0. The summed E-state index contributed by atoms with van der Waals surface area (Å²) in [6, 6.07) is 6.37. The molecule has 0 atom stereocenters. The Morgan fingerprint density at radius 1 is 1.29 bits per heavy atom. The molecule has 3 rings (SSSR count). The van der Waals surface area contributed by atoms with E-state index in [2.05, 4.69) is 30.4 Å². The Bertz CT molecular complexity index is 555. The van der Waals surface area contributed by atoms with Crippen LogP contribution in [0, 0.1) is 0 Å². The molecule has 2 fully saturated rings. The van der Waals surface area contributed by atoms with Crippen molar-refractivity contribution in [1.29, 1.82) is 0 Å². The third-order valence-corrected chi connectivity index (χ3v) is 4.11. The number of amides is 1. The van der Waals surface area contributed by atoms with Crippen LogP contribution in [0.1, 0.15) is 12.8 Å². The molecular formula is C16H25IN6O. The number of guanidine groups is 1. The van der Waals surface area contributed by atoms with Crippen molar-refractivity contribution in [3.8, 4) is 0 Å². The van der Waals surface area contributed by atoms with Crippen LogP contribution in [-0.2, 0) is 4.79 Å². The molecule has 2 N–H and O–H groups in total. The number of nitrogens with zero attached hydrogens (tertiary/aromatic N) is 4. The Hall–Kier alpha value is -1.58. The summed E-state index contributed by atoms with van der Waals surface area (Å²) in [7, 11) is 1.76. The van der Waals surface area contributed by atoms with Crippen molar-refractivity contribution in [3.63, 3.8) is 0 Å². The molecule has 1 aliphatic carbocycles. The third kappa shape index (κ3) is 5.22. The topological polar surface area (TPSA) is 72.9 Å². The number of hydrogen-bond acceptors (Lipinski definition) is 4. The minimum Gasteiger partial charge on any atom is -0.353 e. The van der Waals surface area contributed by atoms with Crippen LogP contribution < -0.4 is 15.5 Å². The highest BCUT2D eigenvalue weighted by Gasteiger charge is 2.24. The molecule has 0 bridgehead atoms. The van der Waals surface area contributed by atoms with Crippen molar-refractivity contribution < 1.29 is 4.79 Å². The number of piperazine rings is 1. The largest absolute Gasteiger partial charge is 0.353 e. The average Bonchev–Trinajstić information content (AvgIpc) is 3.41. The normalized spacial score (nSPS) is 18.0. The Balaban J connectivity index is 0.00000208. The fourth-order valence-electron chi connectivity index (χ4n) is 2.69. The highest BCUT2D eigenvalue weighted by molar-refractivity contribution is 14.0. The van der Waals surface area contributed by atoms with Crippen LogP contribution in [-0.4, -0.2) is 67.6 Å². The first-order chi connectivity index (χ1) is 11.3. The molecule has 1 aromatic rings. The summed E-state index contributed by atoms with van der Waals surface area (Å²) in [6.07, 6.45) is 4.03. The Labute approximate surface area is 159 Å². The van der Waals surface area contributed by atoms with Gasteiger partial charge in [-0.3, -0.25) is 9.79 Å². The minimum absolute atomic E-state index is 0. The molecule has 24 heavy (non-hydrogen) atoms. The average molecular weight is 444 g/mol. The smallest absolute Gasteiger partial charge is 0.239 e. The lowest BCUT2D eigenvalue weighted by Gasteiger charge is -2.37. The second-order valence-electron chi connectivity index (χ2n) is 5.90. The second-order valence-corrected chi connectivity index (χ2v) is 5.90. The van der Waals surface area contributed by atoms with Gasteiger partial charge in [0.25, 0.3) is 0 Å². The van der Waals surface area contributed by atoms with E-state index in [4.69, 9.17) is 0 Å². The lowest BCUT2D eigenvalue weighted by atomic mass is 10.3. The predicted molar refractivity (Wildman–Crippen MR) is 106 cm³/mol. The maximum absolute atomic E-state index is 11.8. The van der Waals surface area contributed by atoms with E-state index < -0.39 is 0 Å². The quantitative estimate of drug-likeness (QED) is 0.406. The standard InChI is InChI=1S/C16H24N6O.HI/c1-17-16(19-12-15(23)20-13-5-6-13)22-10-8-21(9-11-22)14-4-2-3-7-18-14;/h2-4,7,13H,5-6,8-12H2,1H3,(H,17,19)(H,20,23);1H. The van der Waals surface area contributed by atoms with E-state index in [1.807, 2.05) is 24.4 Å². The first kappa shape index (κ1) is 18.8. The molecule has 8 heteroatoms. The van der Waals surface area contributed by atoms with Gasteiger partial charge in [0.05, 0.1) is 6.54 Å². The van der Waals surface area contributed by atoms with Gasteiger partial charge in [0.1, 0.15) is 5.82 Å². The van der Waals surface area contributed by atoms with Gasteiger partial charge in [-0.25, -0.2) is 4.98 Å². The summed E-state index contributed by atoms with van der Waals surface area (Å²) in [5.74, 6) is 1.84. The predicted octanol–water partition coefficient (Wildman–Crippen LogP) is 0.676. The molecule has 1 aromatic heterocycles. The molecule has 2 aliphatic rings. The molecule has 7 nitrogen and oxygen atoms in total. The maximum Gasteiger partial charge on any atom is 0.239 e. The van der Waals surface area contributed by atoms with Gasteiger partial charge in [-0.15, -0.1) is 24.0 Å². The third-order valence-electron chi connectivity index (χ3n) is 4.11. The van der Waals surface area contributed by atoms with E-state index in [0.29, 0.717) is 6.04 Å². The van der Waals surface area contributed by atoms with E-state index in [9.17, 15) is 4.79 Å². The van der Waals surface area contributed by atoms with Crippen molar-refractivity contribution in [2.75, 3.05) is 44.7 Å². The monoisotopic (exact) mass is 444 g/mol. The second kappa shape index (κ2) is 9.05. The molecule has 0 spiro atoms. The van der Waals surface area contributed by atoms with Gasteiger partial charge in [0, 0.05) is 45.5 Å². The number of aliphatic imine (C=N–C) groups is 1. The van der Waals surface area contributed by atoms with Gasteiger partial charge in [-0.1, -0.05) is 6.07 Å². The van der Waals surface area contributed by atoms with Crippen LogP contribution in [0.25, 0.3) is 0 Å². The number of pyridine rings is 1. The number of hydrogen-bond donors (Lipinski definition) is 2. The fourth-order valence-corrected chi connectivity index (χ4v) is 2.69. The molecule has 1 amide bonds. The molecule has 0 aromatic carbocycles. The zero-order chi connectivity index (χ0) is 16.1. The molecule has 1 saturated heterocycles. The molecular weight excluding hydrogens is 419 g/mol. The van der Waals surface area contributed by atoms with E-state index in [1.54, 1.807) is 7.05 Å². The summed E-state index contributed by atoms with van der Waals surface area (Å²) in [5, 5.41) is 6.13. The van der Waals surface area contributed by atoms with Crippen LogP contribution in [0.4, 0.5) is 5.82 Å². The first-order valence-electron chi connectivity index (χ1n) is 8.17. The number of nitrogens with one attached hydrogen (secondary N) is 2. The number of halogens is 1. The molecule has 2 heterocycles. The molecule has 132 valence electrons. The molecule has 1 saturated carbocycles. The highest BCUT2D eigenvalue weighted by atomic mass is 127. The summed E-state index contributed by atoms with van der Waals surface area (Å²) in [5.41, 5.74) is 0. The number of aromatic nitrogens is 1. The highest BCUT2D eigenvalue weighted by Crippen LogP contribution is 2.18. The van der Waals surface area contributed by atoms with Gasteiger partial charge in [0.15, 0.2) is 5.96 Å². The van der Waals surface area contributed by atoms with Crippen molar-refractivity contribution in [1.82, 2.24) is 20.5 Å². The Morgan fingerprint density at radius 2 is 2.04 bits per heavy atom. The van der Waals surface area contributed by atoms with Gasteiger partial charge in [0.2, 0.25) is 5.91 Å². The Kier molecular flexibility index (Phi) is 7.07. The van der Waals surface area contributed by atoms with Gasteiger partial charge in [-0.05, 0) is 25.0 Å². The van der Waals surface area contributed by atoms with E-state index >= 15 is 0 Å². The lowest BCUT2D eigenvalue weighted by molar-refractivity contribution is -0.120. The summed E-state index contributed by atoms with van der Waals surface area (Å²) in [4.78, 5) is 24.9. The van der Waals surface area contributed by atoms with Gasteiger partial charge >= 0.3 is 0 Å².